The van der Waals surface area contributed by atoms with Gasteiger partial charge in [0.1, 0.15) is 11.5 Å². The first-order chi connectivity index (χ1) is 13.1. The highest BCUT2D eigenvalue weighted by atomic mass is 16.5. The number of esters is 1. The second kappa shape index (κ2) is 8.13. The van der Waals surface area contributed by atoms with Gasteiger partial charge in [0.2, 0.25) is 0 Å². The predicted octanol–water partition coefficient (Wildman–Crippen LogP) is 2.92. The number of ether oxygens (including phenoxy) is 1. The number of nitrogens with zero attached hydrogens (tertiary/aromatic N) is 2. The number of carbonyl (C=O) groups is 2. The Morgan fingerprint density at radius 2 is 2.04 bits per heavy atom. The van der Waals surface area contributed by atoms with Crippen molar-refractivity contribution in [2.24, 2.45) is 5.10 Å². The van der Waals surface area contributed by atoms with Gasteiger partial charge in [-0.05, 0) is 44.2 Å². The normalized spacial score (nSPS) is 10.9. The van der Waals surface area contributed by atoms with Crippen LogP contribution in [0.1, 0.15) is 39.2 Å². The number of hydrazone groups is 1. The molecule has 3 rings (SSSR count). The van der Waals surface area contributed by atoms with Crippen LogP contribution in [0, 0.1) is 6.92 Å². The van der Waals surface area contributed by atoms with Gasteiger partial charge in [0.25, 0.3) is 5.91 Å². The van der Waals surface area contributed by atoms with Crippen LogP contribution in [0.3, 0.4) is 0 Å². The summed E-state index contributed by atoms with van der Waals surface area (Å²) in [5, 5.41) is 10.4. The van der Waals surface area contributed by atoms with Crippen LogP contribution in [0.2, 0.25) is 0 Å². The quantitative estimate of drug-likeness (QED) is 0.396. The zero-order chi connectivity index (χ0) is 19.2. The average Bonchev–Trinajstić information content (AvgIpc) is 3.31. The summed E-state index contributed by atoms with van der Waals surface area (Å²) in [7, 11) is 0. The first-order valence-corrected chi connectivity index (χ1v) is 8.29. The topological polar surface area (TPSA) is 110 Å². The molecule has 138 valence electrons. The molecule has 2 heterocycles. The molecular weight excluding hydrogens is 348 g/mol. The zero-order valence-electron chi connectivity index (χ0n) is 14.9. The molecule has 0 spiro atoms. The van der Waals surface area contributed by atoms with Crippen molar-refractivity contribution >= 4 is 18.1 Å². The van der Waals surface area contributed by atoms with E-state index in [9.17, 15) is 9.59 Å². The third-order valence-electron chi connectivity index (χ3n) is 3.60. The van der Waals surface area contributed by atoms with Gasteiger partial charge >= 0.3 is 5.97 Å². The van der Waals surface area contributed by atoms with E-state index in [1.165, 1.54) is 6.21 Å². The third-order valence-corrected chi connectivity index (χ3v) is 3.60. The molecule has 0 unspecified atom stereocenters. The van der Waals surface area contributed by atoms with Crippen molar-refractivity contribution in [3.05, 3.63) is 65.2 Å². The van der Waals surface area contributed by atoms with Gasteiger partial charge in [-0.3, -0.25) is 9.89 Å². The van der Waals surface area contributed by atoms with Crippen LogP contribution in [0.25, 0.3) is 11.3 Å². The van der Waals surface area contributed by atoms with Crippen molar-refractivity contribution in [3.63, 3.8) is 0 Å². The Kier molecular flexibility index (Phi) is 5.46. The summed E-state index contributed by atoms with van der Waals surface area (Å²) in [5.74, 6) is 0.301. The van der Waals surface area contributed by atoms with Crippen LogP contribution in [0.5, 0.6) is 0 Å². The fourth-order valence-corrected chi connectivity index (χ4v) is 2.31. The summed E-state index contributed by atoms with van der Waals surface area (Å²) in [5.41, 5.74) is 4.70. The number of hydrogen-bond donors (Lipinski definition) is 2. The van der Waals surface area contributed by atoms with Gasteiger partial charge in [-0.15, -0.1) is 0 Å². The zero-order valence-corrected chi connectivity index (χ0v) is 14.9. The maximum atomic E-state index is 11.8. The summed E-state index contributed by atoms with van der Waals surface area (Å²) in [6, 6.07) is 12.0. The van der Waals surface area contributed by atoms with Gasteiger partial charge in [-0.25, -0.2) is 10.2 Å². The van der Waals surface area contributed by atoms with Gasteiger partial charge < -0.3 is 9.15 Å². The van der Waals surface area contributed by atoms with Crippen molar-refractivity contribution in [2.75, 3.05) is 6.61 Å². The van der Waals surface area contributed by atoms with E-state index < -0.39 is 5.91 Å². The maximum Gasteiger partial charge on any atom is 0.338 e. The monoisotopic (exact) mass is 366 g/mol. The number of hydrogen-bond acceptors (Lipinski definition) is 6. The van der Waals surface area contributed by atoms with Crippen LogP contribution in [-0.4, -0.2) is 34.9 Å². The van der Waals surface area contributed by atoms with E-state index >= 15 is 0 Å². The number of aromatic amines is 1. The smallest absolute Gasteiger partial charge is 0.338 e. The minimum Gasteiger partial charge on any atom is -0.462 e. The highest BCUT2D eigenvalue weighted by Gasteiger charge is 2.09. The first-order valence-electron chi connectivity index (χ1n) is 8.29. The summed E-state index contributed by atoms with van der Waals surface area (Å²) in [4.78, 5) is 23.5. The number of aromatic nitrogens is 2. The van der Waals surface area contributed by atoms with Gasteiger partial charge in [0.15, 0.2) is 5.69 Å². The SMILES string of the molecule is CCOC(=O)c1ccc(-c2ccc(/C=N/NC(=O)c3cc(C)[nH]n3)o2)cc1. The second-order valence-corrected chi connectivity index (χ2v) is 5.64. The lowest BCUT2D eigenvalue weighted by Crippen LogP contribution is -2.17. The summed E-state index contributed by atoms with van der Waals surface area (Å²) >= 11 is 0. The number of furan rings is 1. The maximum absolute atomic E-state index is 11.8. The predicted molar refractivity (Wildman–Crippen MR) is 98.5 cm³/mol. The lowest BCUT2D eigenvalue weighted by atomic mass is 10.1. The third kappa shape index (κ3) is 4.49. The Labute approximate surface area is 155 Å². The molecule has 0 aliphatic heterocycles. The first kappa shape index (κ1) is 18.1. The molecule has 8 nitrogen and oxygen atoms in total. The molecule has 0 aliphatic carbocycles. The summed E-state index contributed by atoms with van der Waals surface area (Å²) < 4.78 is 10.6. The van der Waals surface area contributed by atoms with E-state index in [1.54, 1.807) is 56.3 Å². The van der Waals surface area contributed by atoms with Gasteiger partial charge in [0.05, 0.1) is 18.4 Å². The highest BCUT2D eigenvalue weighted by molar-refractivity contribution is 5.93. The largest absolute Gasteiger partial charge is 0.462 e. The molecule has 0 fully saturated rings. The molecule has 0 saturated carbocycles. The Morgan fingerprint density at radius 1 is 1.26 bits per heavy atom. The van der Waals surface area contributed by atoms with E-state index in [1.807, 2.05) is 0 Å². The van der Waals surface area contributed by atoms with E-state index in [-0.39, 0.29) is 11.7 Å². The van der Waals surface area contributed by atoms with Crippen LogP contribution in [0.4, 0.5) is 0 Å². The number of nitrogens with one attached hydrogen (secondary N) is 2. The van der Waals surface area contributed by atoms with Crippen LogP contribution in [0.15, 0.2) is 52.0 Å². The molecule has 1 amide bonds. The fraction of sp³-hybridized carbons (Fsp3) is 0.158. The molecule has 27 heavy (non-hydrogen) atoms. The molecule has 2 aromatic heterocycles. The lowest BCUT2D eigenvalue weighted by molar-refractivity contribution is 0.0526. The lowest BCUT2D eigenvalue weighted by Gasteiger charge is -2.02. The molecule has 0 radical (unpaired) electrons. The number of benzene rings is 1. The van der Waals surface area contributed by atoms with Gasteiger partial charge in [0, 0.05) is 11.3 Å². The number of aryl methyl sites for hydroxylation is 1. The molecule has 0 bridgehead atoms. The van der Waals surface area contributed by atoms with Gasteiger partial charge in [-0.1, -0.05) is 12.1 Å². The van der Waals surface area contributed by atoms with Crippen molar-refractivity contribution in [1.82, 2.24) is 15.6 Å². The van der Waals surface area contributed by atoms with Crippen molar-refractivity contribution in [2.45, 2.75) is 13.8 Å². The number of H-pyrrole nitrogens is 1. The van der Waals surface area contributed by atoms with Crippen LogP contribution >= 0.6 is 0 Å². The molecular formula is C19H18N4O4. The Hall–Kier alpha value is -3.68. The molecule has 2 N–H and O–H groups in total. The Bertz CT molecular complexity index is 970. The molecule has 8 heteroatoms. The number of rotatable bonds is 6. The van der Waals surface area contributed by atoms with E-state index in [0.29, 0.717) is 23.7 Å². The number of amides is 1. The van der Waals surface area contributed by atoms with Crippen molar-refractivity contribution in [1.29, 1.82) is 0 Å². The second-order valence-electron chi connectivity index (χ2n) is 5.64. The minimum atomic E-state index is -0.420. The summed E-state index contributed by atoms with van der Waals surface area (Å²) in [6.07, 6.45) is 1.40. The average molecular weight is 366 g/mol. The fourth-order valence-electron chi connectivity index (χ4n) is 2.31. The number of carbonyl (C=O) groups excluding carboxylic acids is 2. The van der Waals surface area contributed by atoms with Crippen LogP contribution < -0.4 is 5.43 Å². The Balaban J connectivity index is 1.62. The van der Waals surface area contributed by atoms with Gasteiger partial charge in [-0.2, -0.15) is 10.2 Å². The standard InChI is InChI=1S/C19H18N4O4/c1-3-26-19(25)14-6-4-13(5-7-14)17-9-8-15(27-17)11-20-23-18(24)16-10-12(2)21-22-16/h4-11H,3H2,1-2H3,(H,21,22)(H,23,24)/b20-11+. The summed E-state index contributed by atoms with van der Waals surface area (Å²) in [6.45, 7) is 3.89. The van der Waals surface area contributed by atoms with Crippen molar-refractivity contribution in [3.8, 4) is 11.3 Å². The Morgan fingerprint density at radius 3 is 2.70 bits per heavy atom. The molecule has 1 aromatic carbocycles. The van der Waals surface area contributed by atoms with Crippen molar-refractivity contribution < 1.29 is 18.7 Å². The van der Waals surface area contributed by atoms with E-state index in [0.717, 1.165) is 11.3 Å². The minimum absolute atomic E-state index is 0.256. The molecule has 0 saturated heterocycles. The molecule has 0 atom stereocenters. The highest BCUT2D eigenvalue weighted by Crippen LogP contribution is 2.22. The molecule has 3 aromatic rings. The van der Waals surface area contributed by atoms with E-state index in [2.05, 4.69) is 20.7 Å². The van der Waals surface area contributed by atoms with Crippen LogP contribution in [-0.2, 0) is 4.74 Å². The molecule has 0 aliphatic rings. The van der Waals surface area contributed by atoms with E-state index in [4.69, 9.17) is 9.15 Å².